The topological polar surface area (TPSA) is 70.7 Å². The SMILES string of the molecule is CCNC(=NCCc1ccc(Br)s1)N1CCCC(CC(N)=O)C1.I. The number of carbonyl (C=O) groups excluding carboxylic acids is 1. The Labute approximate surface area is 173 Å². The largest absolute Gasteiger partial charge is 0.370 e. The third kappa shape index (κ3) is 7.26. The van der Waals surface area contributed by atoms with Crippen molar-refractivity contribution in [2.24, 2.45) is 16.6 Å². The monoisotopic (exact) mass is 528 g/mol. The van der Waals surface area contributed by atoms with Crippen molar-refractivity contribution in [3.8, 4) is 0 Å². The van der Waals surface area contributed by atoms with Gasteiger partial charge < -0.3 is 16.0 Å². The summed E-state index contributed by atoms with van der Waals surface area (Å²) in [5.74, 6) is 1.10. The lowest BCUT2D eigenvalue weighted by Crippen LogP contribution is -2.47. The lowest BCUT2D eigenvalue weighted by atomic mass is 9.95. The zero-order valence-electron chi connectivity index (χ0n) is 14.0. The van der Waals surface area contributed by atoms with Gasteiger partial charge in [-0.15, -0.1) is 35.3 Å². The molecule has 1 aromatic rings. The number of halogens is 2. The molecular weight excluding hydrogens is 503 g/mol. The van der Waals surface area contributed by atoms with Crippen molar-refractivity contribution in [2.45, 2.75) is 32.6 Å². The average Bonchev–Trinajstić information content (AvgIpc) is 2.91. The van der Waals surface area contributed by atoms with E-state index >= 15 is 0 Å². The van der Waals surface area contributed by atoms with Crippen molar-refractivity contribution in [3.05, 3.63) is 20.8 Å². The minimum Gasteiger partial charge on any atom is -0.370 e. The quantitative estimate of drug-likeness (QED) is 0.338. The van der Waals surface area contributed by atoms with Crippen molar-refractivity contribution in [1.82, 2.24) is 10.2 Å². The number of rotatable bonds is 6. The summed E-state index contributed by atoms with van der Waals surface area (Å²) in [7, 11) is 0. The van der Waals surface area contributed by atoms with Crippen molar-refractivity contribution in [1.29, 1.82) is 0 Å². The Kier molecular flexibility index (Phi) is 10.2. The van der Waals surface area contributed by atoms with Crippen LogP contribution in [0.4, 0.5) is 0 Å². The summed E-state index contributed by atoms with van der Waals surface area (Å²) in [6, 6.07) is 4.22. The van der Waals surface area contributed by atoms with Gasteiger partial charge in [0, 0.05) is 43.9 Å². The molecule has 0 aromatic carbocycles. The Morgan fingerprint density at radius 2 is 2.33 bits per heavy atom. The zero-order chi connectivity index (χ0) is 16.7. The number of nitrogens with zero attached hydrogens (tertiary/aromatic N) is 2. The average molecular weight is 529 g/mol. The van der Waals surface area contributed by atoms with Crippen LogP contribution in [0.1, 0.15) is 31.1 Å². The number of likely N-dealkylation sites (tertiary alicyclic amines) is 1. The summed E-state index contributed by atoms with van der Waals surface area (Å²) in [6.45, 7) is 5.55. The zero-order valence-corrected chi connectivity index (χ0v) is 18.7. The van der Waals surface area contributed by atoms with Crippen LogP contribution in [0.15, 0.2) is 20.9 Å². The van der Waals surface area contributed by atoms with Crippen LogP contribution in [0.2, 0.25) is 0 Å². The molecule has 0 saturated carbocycles. The fourth-order valence-electron chi connectivity index (χ4n) is 2.89. The third-order valence-corrected chi connectivity index (χ3v) is 5.58. The molecule has 1 atom stereocenters. The molecule has 1 saturated heterocycles. The van der Waals surface area contributed by atoms with E-state index in [1.807, 2.05) is 0 Å². The lowest BCUT2D eigenvalue weighted by molar-refractivity contribution is -0.119. The molecule has 0 aliphatic carbocycles. The van der Waals surface area contributed by atoms with E-state index < -0.39 is 0 Å². The Bertz CT molecular complexity index is 552. The van der Waals surface area contributed by atoms with E-state index in [4.69, 9.17) is 10.7 Å². The van der Waals surface area contributed by atoms with Crippen molar-refractivity contribution >= 4 is 63.1 Å². The summed E-state index contributed by atoms with van der Waals surface area (Å²) in [5, 5.41) is 3.37. The second kappa shape index (κ2) is 11.3. The molecule has 1 amide bonds. The maximum atomic E-state index is 11.2. The standard InChI is InChI=1S/C16H25BrN4OS.HI/c1-2-19-16(20-8-7-13-5-6-14(17)23-13)21-9-3-4-12(11-21)10-15(18)22;/h5-6,12H,2-4,7-11H2,1H3,(H2,18,22)(H,19,20);1H. The van der Waals surface area contributed by atoms with Crippen LogP contribution in [0.5, 0.6) is 0 Å². The van der Waals surface area contributed by atoms with E-state index in [0.717, 1.165) is 55.2 Å². The Morgan fingerprint density at radius 1 is 1.54 bits per heavy atom. The number of piperidine rings is 1. The molecular formula is C16H26BrIN4OS. The second-order valence-electron chi connectivity index (χ2n) is 5.82. The van der Waals surface area contributed by atoms with Crippen LogP contribution >= 0.6 is 51.2 Å². The first-order valence-electron chi connectivity index (χ1n) is 8.14. The first-order chi connectivity index (χ1) is 11.1. The number of aliphatic imine (C=N–C) groups is 1. The number of nitrogens with one attached hydrogen (secondary N) is 1. The summed E-state index contributed by atoms with van der Waals surface area (Å²) < 4.78 is 1.16. The first kappa shape index (κ1) is 21.7. The number of amides is 1. The smallest absolute Gasteiger partial charge is 0.217 e. The number of primary amides is 1. The maximum Gasteiger partial charge on any atom is 0.217 e. The molecule has 3 N–H and O–H groups in total. The number of hydrogen-bond acceptors (Lipinski definition) is 3. The highest BCUT2D eigenvalue weighted by Crippen LogP contribution is 2.22. The van der Waals surface area contributed by atoms with E-state index in [2.05, 4.69) is 45.2 Å². The molecule has 1 aliphatic rings. The van der Waals surface area contributed by atoms with Gasteiger partial charge in [0.2, 0.25) is 5.91 Å². The number of nitrogens with two attached hydrogens (primary N) is 1. The summed E-state index contributed by atoms with van der Waals surface area (Å²) in [4.78, 5) is 19.5. The van der Waals surface area contributed by atoms with Crippen molar-refractivity contribution in [2.75, 3.05) is 26.2 Å². The summed E-state index contributed by atoms with van der Waals surface area (Å²) in [5.41, 5.74) is 5.34. The molecule has 5 nitrogen and oxygen atoms in total. The van der Waals surface area contributed by atoms with Gasteiger partial charge in [-0.2, -0.15) is 0 Å². The fraction of sp³-hybridized carbons (Fsp3) is 0.625. The minimum absolute atomic E-state index is 0. The van der Waals surface area contributed by atoms with Gasteiger partial charge in [0.15, 0.2) is 5.96 Å². The summed E-state index contributed by atoms with van der Waals surface area (Å²) >= 11 is 5.25. The molecule has 1 unspecified atom stereocenters. The van der Waals surface area contributed by atoms with Gasteiger partial charge >= 0.3 is 0 Å². The fourth-order valence-corrected chi connectivity index (χ4v) is 4.36. The number of guanidine groups is 1. The van der Waals surface area contributed by atoms with Gasteiger partial charge in [-0.1, -0.05) is 0 Å². The molecule has 1 aliphatic heterocycles. The van der Waals surface area contributed by atoms with E-state index in [-0.39, 0.29) is 29.9 Å². The van der Waals surface area contributed by atoms with Gasteiger partial charge in [0.25, 0.3) is 0 Å². The molecule has 2 heterocycles. The molecule has 24 heavy (non-hydrogen) atoms. The third-order valence-electron chi connectivity index (χ3n) is 3.89. The van der Waals surface area contributed by atoms with Crippen LogP contribution in [0.25, 0.3) is 0 Å². The highest BCUT2D eigenvalue weighted by Gasteiger charge is 2.23. The molecule has 2 rings (SSSR count). The second-order valence-corrected chi connectivity index (χ2v) is 8.36. The molecule has 0 bridgehead atoms. The van der Waals surface area contributed by atoms with Crippen LogP contribution in [-0.2, 0) is 11.2 Å². The van der Waals surface area contributed by atoms with Crippen molar-refractivity contribution < 1.29 is 4.79 Å². The number of thiophene rings is 1. The molecule has 136 valence electrons. The van der Waals surface area contributed by atoms with Gasteiger partial charge in [0.1, 0.15) is 0 Å². The number of hydrogen-bond donors (Lipinski definition) is 2. The van der Waals surface area contributed by atoms with Crippen LogP contribution in [0.3, 0.4) is 0 Å². The van der Waals surface area contributed by atoms with Gasteiger partial charge in [0.05, 0.1) is 3.79 Å². The molecule has 0 spiro atoms. The Balaban J connectivity index is 0.00000288. The van der Waals surface area contributed by atoms with E-state index in [0.29, 0.717) is 12.3 Å². The normalized spacial score (nSPS) is 18.2. The van der Waals surface area contributed by atoms with Gasteiger partial charge in [-0.3, -0.25) is 9.79 Å². The van der Waals surface area contributed by atoms with E-state index in [1.54, 1.807) is 11.3 Å². The highest BCUT2D eigenvalue weighted by atomic mass is 127. The Morgan fingerprint density at radius 3 is 2.96 bits per heavy atom. The van der Waals surface area contributed by atoms with Crippen LogP contribution < -0.4 is 11.1 Å². The Hall–Kier alpha value is -0.350. The van der Waals surface area contributed by atoms with Crippen molar-refractivity contribution in [3.63, 3.8) is 0 Å². The minimum atomic E-state index is -0.206. The first-order valence-corrected chi connectivity index (χ1v) is 9.75. The highest BCUT2D eigenvalue weighted by molar-refractivity contribution is 14.0. The molecule has 1 aromatic heterocycles. The lowest BCUT2D eigenvalue weighted by Gasteiger charge is -2.34. The van der Waals surface area contributed by atoms with E-state index in [1.165, 1.54) is 4.88 Å². The molecule has 1 fully saturated rings. The predicted octanol–water partition coefficient (Wildman–Crippen LogP) is 3.22. The van der Waals surface area contributed by atoms with Gasteiger partial charge in [-0.25, -0.2) is 0 Å². The number of carbonyl (C=O) groups is 1. The predicted molar refractivity (Wildman–Crippen MR) is 115 cm³/mol. The van der Waals surface area contributed by atoms with Gasteiger partial charge in [-0.05, 0) is 53.7 Å². The van der Waals surface area contributed by atoms with Crippen LogP contribution in [-0.4, -0.2) is 42.9 Å². The van der Waals surface area contributed by atoms with Crippen LogP contribution in [0, 0.1) is 5.92 Å². The maximum absolute atomic E-state index is 11.2. The molecule has 8 heteroatoms. The summed E-state index contributed by atoms with van der Waals surface area (Å²) in [6.07, 6.45) is 3.57. The molecule has 0 radical (unpaired) electrons. The van der Waals surface area contributed by atoms with E-state index in [9.17, 15) is 4.79 Å².